The molecule has 0 aliphatic carbocycles. The molecule has 1 amide bonds. The molecular formula is C28H20F2N4O5. The van der Waals surface area contributed by atoms with E-state index in [0.29, 0.717) is 28.1 Å². The van der Waals surface area contributed by atoms with E-state index in [0.717, 1.165) is 6.07 Å². The molecule has 2 heterocycles. The van der Waals surface area contributed by atoms with E-state index in [1.807, 2.05) is 0 Å². The number of nitrogens with one attached hydrogen (secondary N) is 1. The molecule has 0 radical (unpaired) electrons. The number of aromatic nitrogens is 3. The van der Waals surface area contributed by atoms with Crippen LogP contribution in [0.3, 0.4) is 0 Å². The Labute approximate surface area is 220 Å². The summed E-state index contributed by atoms with van der Waals surface area (Å²) < 4.78 is 45.8. The van der Waals surface area contributed by atoms with E-state index < -0.39 is 23.1 Å². The van der Waals surface area contributed by atoms with Gasteiger partial charge in [-0.25, -0.2) is 18.7 Å². The van der Waals surface area contributed by atoms with Gasteiger partial charge in [-0.15, -0.1) is 0 Å². The van der Waals surface area contributed by atoms with Crippen molar-refractivity contribution < 1.29 is 27.8 Å². The highest BCUT2D eigenvalue weighted by Gasteiger charge is 2.17. The summed E-state index contributed by atoms with van der Waals surface area (Å²) in [5.41, 5.74) is -0.140. The molecule has 5 aromatic rings. The fourth-order valence-electron chi connectivity index (χ4n) is 3.87. The largest absolute Gasteiger partial charge is 0.493 e. The van der Waals surface area contributed by atoms with Crippen molar-refractivity contribution >= 4 is 22.5 Å². The SMILES string of the molecule is COc1cc2ncnc(Oc3ccc(NC(=O)c4cccn(-c5ccc(F)cc5)c4=O)c(F)c3)c2cc1OC. The summed E-state index contributed by atoms with van der Waals surface area (Å²) in [6, 6.07) is 15.1. The monoisotopic (exact) mass is 530 g/mol. The number of fused-ring (bicyclic) bond motifs is 1. The van der Waals surface area contributed by atoms with E-state index in [2.05, 4.69) is 15.3 Å². The highest BCUT2D eigenvalue weighted by molar-refractivity contribution is 6.04. The number of carbonyl (C=O) groups is 1. The van der Waals surface area contributed by atoms with Crippen molar-refractivity contribution in [3.63, 3.8) is 0 Å². The van der Waals surface area contributed by atoms with E-state index in [4.69, 9.17) is 14.2 Å². The Morgan fingerprint density at radius 1 is 0.923 bits per heavy atom. The highest BCUT2D eigenvalue weighted by Crippen LogP contribution is 2.36. The molecule has 39 heavy (non-hydrogen) atoms. The lowest BCUT2D eigenvalue weighted by Crippen LogP contribution is -2.28. The normalized spacial score (nSPS) is 10.8. The van der Waals surface area contributed by atoms with E-state index in [1.54, 1.807) is 12.1 Å². The first-order chi connectivity index (χ1) is 18.9. The average molecular weight is 530 g/mol. The minimum atomic E-state index is -0.813. The molecule has 0 unspecified atom stereocenters. The zero-order valence-corrected chi connectivity index (χ0v) is 20.6. The lowest BCUT2D eigenvalue weighted by Gasteiger charge is -2.12. The van der Waals surface area contributed by atoms with Gasteiger partial charge >= 0.3 is 0 Å². The molecule has 2 aromatic heterocycles. The Hall–Kier alpha value is -5.32. The van der Waals surface area contributed by atoms with Crippen LogP contribution in [0.2, 0.25) is 0 Å². The number of hydrogen-bond acceptors (Lipinski definition) is 7. The molecule has 0 fully saturated rings. The van der Waals surface area contributed by atoms with E-state index in [-0.39, 0.29) is 22.9 Å². The van der Waals surface area contributed by atoms with Crippen molar-refractivity contribution in [2.45, 2.75) is 0 Å². The standard InChI is InChI=1S/C28H20F2N4O5/c1-37-24-13-20-23(14-25(24)38-2)31-15-32-27(20)39-18-9-10-22(21(30)12-18)33-26(35)19-4-3-11-34(28(19)36)17-7-5-16(29)6-8-17/h3-15H,1-2H3,(H,33,35). The van der Waals surface area contributed by atoms with Gasteiger partial charge in [0.05, 0.1) is 30.8 Å². The third-order valence-corrected chi connectivity index (χ3v) is 5.80. The molecule has 0 aliphatic heterocycles. The van der Waals surface area contributed by atoms with Crippen LogP contribution in [0.25, 0.3) is 16.6 Å². The number of methoxy groups -OCH3 is 2. The van der Waals surface area contributed by atoms with Crippen molar-refractivity contribution in [2.24, 2.45) is 0 Å². The van der Waals surface area contributed by atoms with Crippen LogP contribution in [0.4, 0.5) is 14.5 Å². The summed E-state index contributed by atoms with van der Waals surface area (Å²) in [6.07, 6.45) is 2.74. The number of nitrogens with zero attached hydrogens (tertiary/aromatic N) is 3. The van der Waals surface area contributed by atoms with Crippen LogP contribution in [0.1, 0.15) is 10.4 Å². The van der Waals surface area contributed by atoms with Gasteiger partial charge < -0.3 is 19.5 Å². The second-order valence-electron chi connectivity index (χ2n) is 8.17. The van der Waals surface area contributed by atoms with Gasteiger partial charge in [0, 0.05) is 24.0 Å². The topological polar surface area (TPSA) is 105 Å². The van der Waals surface area contributed by atoms with Crippen molar-refractivity contribution in [2.75, 3.05) is 19.5 Å². The number of ether oxygens (including phenoxy) is 3. The first kappa shape index (κ1) is 25.3. The zero-order chi connectivity index (χ0) is 27.5. The van der Waals surface area contributed by atoms with Crippen LogP contribution >= 0.6 is 0 Å². The lowest BCUT2D eigenvalue weighted by molar-refractivity contribution is 0.102. The number of carbonyl (C=O) groups excluding carboxylic acids is 1. The first-order valence-electron chi connectivity index (χ1n) is 11.5. The molecule has 9 nitrogen and oxygen atoms in total. The Balaban J connectivity index is 1.38. The fourth-order valence-corrected chi connectivity index (χ4v) is 3.87. The van der Waals surface area contributed by atoms with Gasteiger partial charge in [-0.3, -0.25) is 14.2 Å². The second-order valence-corrected chi connectivity index (χ2v) is 8.17. The smallest absolute Gasteiger partial charge is 0.267 e. The van der Waals surface area contributed by atoms with Gasteiger partial charge in [-0.1, -0.05) is 0 Å². The van der Waals surface area contributed by atoms with Gasteiger partial charge in [0.2, 0.25) is 5.88 Å². The van der Waals surface area contributed by atoms with Crippen molar-refractivity contribution in [1.82, 2.24) is 14.5 Å². The summed E-state index contributed by atoms with van der Waals surface area (Å²) in [7, 11) is 2.99. The zero-order valence-electron chi connectivity index (χ0n) is 20.6. The number of pyridine rings is 1. The number of hydrogen-bond donors (Lipinski definition) is 1. The average Bonchev–Trinajstić information content (AvgIpc) is 2.94. The van der Waals surface area contributed by atoms with Crippen LogP contribution in [0.15, 0.2) is 84.0 Å². The molecule has 0 saturated heterocycles. The molecule has 0 atom stereocenters. The summed E-state index contributed by atoms with van der Waals surface area (Å²) >= 11 is 0. The van der Waals surface area contributed by atoms with Crippen LogP contribution in [-0.2, 0) is 0 Å². The van der Waals surface area contributed by atoms with Gasteiger partial charge in [-0.2, -0.15) is 0 Å². The number of rotatable bonds is 7. The molecule has 3 aromatic carbocycles. The quantitative estimate of drug-likeness (QED) is 0.311. The highest BCUT2D eigenvalue weighted by atomic mass is 19.1. The van der Waals surface area contributed by atoms with Crippen LogP contribution in [0.5, 0.6) is 23.1 Å². The predicted molar refractivity (Wildman–Crippen MR) is 139 cm³/mol. The summed E-state index contributed by atoms with van der Waals surface area (Å²) in [4.78, 5) is 34.1. The molecular weight excluding hydrogens is 510 g/mol. The minimum Gasteiger partial charge on any atom is -0.493 e. The van der Waals surface area contributed by atoms with Crippen molar-refractivity contribution in [1.29, 1.82) is 0 Å². The van der Waals surface area contributed by atoms with E-state index in [9.17, 15) is 18.4 Å². The third-order valence-electron chi connectivity index (χ3n) is 5.80. The lowest BCUT2D eigenvalue weighted by atomic mass is 10.2. The van der Waals surface area contributed by atoms with E-state index in [1.165, 1.54) is 79.8 Å². The van der Waals surface area contributed by atoms with Crippen molar-refractivity contribution in [3.8, 4) is 28.8 Å². The van der Waals surface area contributed by atoms with E-state index >= 15 is 0 Å². The third kappa shape index (κ3) is 5.10. The first-order valence-corrected chi connectivity index (χ1v) is 11.5. The maximum Gasteiger partial charge on any atom is 0.267 e. The molecule has 1 N–H and O–H groups in total. The Morgan fingerprint density at radius 2 is 1.67 bits per heavy atom. The molecule has 0 saturated carbocycles. The molecule has 11 heteroatoms. The maximum atomic E-state index is 15.0. The fraction of sp³-hybridized carbons (Fsp3) is 0.0714. The summed E-state index contributed by atoms with van der Waals surface area (Å²) in [5, 5.41) is 2.91. The Morgan fingerprint density at radius 3 is 2.38 bits per heavy atom. The summed E-state index contributed by atoms with van der Waals surface area (Å²) in [5.74, 6) is -0.894. The Bertz CT molecular complexity index is 1760. The number of amides is 1. The molecule has 0 bridgehead atoms. The van der Waals surface area contributed by atoms with Gasteiger partial charge in [-0.05, 0) is 54.6 Å². The predicted octanol–water partition coefficient (Wildman–Crippen LogP) is 5.12. The number of halogens is 2. The van der Waals surface area contributed by atoms with Crippen LogP contribution in [-0.4, -0.2) is 34.7 Å². The van der Waals surface area contributed by atoms with Gasteiger partial charge in [0.1, 0.15) is 29.3 Å². The van der Waals surface area contributed by atoms with Gasteiger partial charge in [0.15, 0.2) is 11.5 Å². The van der Waals surface area contributed by atoms with Crippen LogP contribution in [0, 0.1) is 11.6 Å². The summed E-state index contributed by atoms with van der Waals surface area (Å²) in [6.45, 7) is 0. The Kier molecular flexibility index (Phi) is 6.87. The van der Waals surface area contributed by atoms with Crippen molar-refractivity contribution in [3.05, 3.63) is 107 Å². The maximum absolute atomic E-state index is 15.0. The molecule has 0 aliphatic rings. The second kappa shape index (κ2) is 10.6. The van der Waals surface area contributed by atoms with Gasteiger partial charge in [0.25, 0.3) is 11.5 Å². The molecule has 196 valence electrons. The minimum absolute atomic E-state index is 0.110. The molecule has 5 rings (SSSR count). The number of benzene rings is 3. The number of anilines is 1. The molecule has 0 spiro atoms. The van der Waals surface area contributed by atoms with Crippen LogP contribution < -0.4 is 25.1 Å².